The number of aromatic nitrogens is 2. The van der Waals surface area contributed by atoms with E-state index in [0.717, 1.165) is 85.6 Å². The lowest BCUT2D eigenvalue weighted by Crippen LogP contribution is -2.48. The number of piperazine rings is 1. The Morgan fingerprint density at radius 2 is 1.74 bits per heavy atom. The zero-order valence-electron chi connectivity index (χ0n) is 21.9. The highest BCUT2D eigenvalue weighted by Crippen LogP contribution is 2.38. The Labute approximate surface area is 229 Å². The summed E-state index contributed by atoms with van der Waals surface area (Å²) in [4.78, 5) is 14.3. The van der Waals surface area contributed by atoms with Gasteiger partial charge in [-0.15, -0.1) is 0 Å². The van der Waals surface area contributed by atoms with Gasteiger partial charge in [-0.05, 0) is 67.1 Å². The van der Waals surface area contributed by atoms with E-state index in [1.165, 1.54) is 36.8 Å². The van der Waals surface area contributed by atoms with Gasteiger partial charge in [0.15, 0.2) is 0 Å². The Morgan fingerprint density at radius 1 is 0.947 bits per heavy atom. The summed E-state index contributed by atoms with van der Waals surface area (Å²) in [5.41, 5.74) is 11.9. The smallest absolute Gasteiger partial charge is 0.222 e. The van der Waals surface area contributed by atoms with Gasteiger partial charge in [0.25, 0.3) is 0 Å². The van der Waals surface area contributed by atoms with Crippen LogP contribution in [-0.2, 0) is 24.2 Å². The summed E-state index contributed by atoms with van der Waals surface area (Å²) < 4.78 is 12.2. The maximum absolute atomic E-state index is 6.24. The molecule has 2 aromatic carbocycles. The van der Waals surface area contributed by atoms with Crippen molar-refractivity contribution in [3.63, 3.8) is 0 Å². The molecule has 8 heteroatoms. The second-order valence-electron chi connectivity index (χ2n) is 10.6. The van der Waals surface area contributed by atoms with E-state index < -0.39 is 0 Å². The number of ether oxygens (including phenoxy) is 2. The largest absolute Gasteiger partial charge is 0.489 e. The van der Waals surface area contributed by atoms with Crippen molar-refractivity contribution < 1.29 is 9.47 Å². The highest BCUT2D eigenvalue weighted by molar-refractivity contribution is 6.30. The van der Waals surface area contributed by atoms with Gasteiger partial charge in [-0.1, -0.05) is 36.6 Å². The minimum atomic E-state index is 0.335. The molecule has 7 nitrogen and oxygen atoms in total. The van der Waals surface area contributed by atoms with Crippen LogP contribution in [0.4, 0.5) is 11.8 Å². The first-order chi connectivity index (χ1) is 18.6. The molecule has 2 aliphatic carbocycles. The van der Waals surface area contributed by atoms with E-state index in [1.807, 2.05) is 30.3 Å². The summed E-state index contributed by atoms with van der Waals surface area (Å²) >= 11 is 6.00. The molecule has 1 aliphatic heterocycles. The van der Waals surface area contributed by atoms with Crippen molar-refractivity contribution in [3.8, 4) is 17.0 Å². The molecule has 0 unspecified atom stereocenters. The van der Waals surface area contributed by atoms with Crippen LogP contribution in [-0.4, -0.2) is 60.3 Å². The number of benzene rings is 2. The van der Waals surface area contributed by atoms with Crippen molar-refractivity contribution in [2.24, 2.45) is 0 Å². The third kappa shape index (κ3) is 5.75. The first kappa shape index (κ1) is 25.4. The van der Waals surface area contributed by atoms with E-state index in [-0.39, 0.29) is 0 Å². The van der Waals surface area contributed by atoms with Crippen LogP contribution in [0.3, 0.4) is 0 Å². The van der Waals surface area contributed by atoms with Gasteiger partial charge in [-0.3, -0.25) is 4.90 Å². The monoisotopic (exact) mass is 533 g/mol. The van der Waals surface area contributed by atoms with Gasteiger partial charge in [-0.2, -0.15) is 4.98 Å². The topological polar surface area (TPSA) is 76.7 Å². The number of aryl methyl sites for hydroxylation is 1. The predicted octanol–water partition coefficient (Wildman–Crippen LogP) is 5.14. The van der Waals surface area contributed by atoms with Crippen molar-refractivity contribution in [2.75, 3.05) is 50.0 Å². The number of halogens is 1. The number of hydrogen-bond acceptors (Lipinski definition) is 7. The van der Waals surface area contributed by atoms with Crippen molar-refractivity contribution in [1.82, 2.24) is 14.9 Å². The Morgan fingerprint density at radius 3 is 2.53 bits per heavy atom. The first-order valence-corrected chi connectivity index (χ1v) is 14.3. The Bertz CT molecular complexity index is 1250. The van der Waals surface area contributed by atoms with Gasteiger partial charge < -0.3 is 20.1 Å². The second-order valence-corrected chi connectivity index (χ2v) is 11.0. The molecule has 1 saturated carbocycles. The zero-order chi connectivity index (χ0) is 25.9. The van der Waals surface area contributed by atoms with Gasteiger partial charge in [0.1, 0.15) is 18.2 Å². The first-order valence-electron chi connectivity index (χ1n) is 13.9. The van der Waals surface area contributed by atoms with E-state index in [2.05, 4.69) is 21.9 Å². The van der Waals surface area contributed by atoms with Crippen molar-refractivity contribution in [2.45, 2.75) is 51.2 Å². The Hall–Kier alpha value is -2.87. The molecule has 6 rings (SSSR count). The van der Waals surface area contributed by atoms with Gasteiger partial charge in [0.2, 0.25) is 5.95 Å². The lowest BCUT2D eigenvalue weighted by atomic mass is 9.88. The molecule has 2 fully saturated rings. The van der Waals surface area contributed by atoms with Crippen LogP contribution in [0.1, 0.15) is 42.4 Å². The molecule has 0 amide bonds. The molecule has 200 valence electrons. The predicted molar refractivity (Wildman–Crippen MR) is 152 cm³/mol. The van der Waals surface area contributed by atoms with E-state index >= 15 is 0 Å². The second kappa shape index (κ2) is 11.5. The number of nitrogens with two attached hydrogens (primary N) is 1. The Kier molecular flexibility index (Phi) is 7.68. The molecule has 1 aromatic heterocycles. The maximum Gasteiger partial charge on any atom is 0.222 e. The number of anilines is 2. The Balaban J connectivity index is 1.11. The third-order valence-electron chi connectivity index (χ3n) is 8.03. The van der Waals surface area contributed by atoms with E-state index in [0.29, 0.717) is 18.7 Å². The lowest BCUT2D eigenvalue weighted by Gasteiger charge is -2.37. The van der Waals surface area contributed by atoms with Gasteiger partial charge in [0.05, 0.1) is 18.4 Å². The molecule has 0 bridgehead atoms. The normalized spacial score (nSPS) is 17.9. The number of rotatable bonds is 8. The molecule has 1 saturated heterocycles. The lowest BCUT2D eigenvalue weighted by molar-refractivity contribution is 0.0409. The third-order valence-corrected chi connectivity index (χ3v) is 8.28. The number of fused-ring (bicyclic) bond motifs is 3. The van der Waals surface area contributed by atoms with Crippen LogP contribution in [0.15, 0.2) is 42.5 Å². The number of hydrogen-bond donors (Lipinski definition) is 1. The summed E-state index contributed by atoms with van der Waals surface area (Å²) in [6.45, 7) is 6.25. The van der Waals surface area contributed by atoms with Crippen LogP contribution in [0.2, 0.25) is 5.02 Å². The summed E-state index contributed by atoms with van der Waals surface area (Å²) in [6.07, 6.45) is 7.41. The fourth-order valence-corrected chi connectivity index (χ4v) is 6.02. The highest BCUT2D eigenvalue weighted by Gasteiger charge is 2.27. The number of nitrogen functional groups attached to an aromatic ring is 1. The molecular formula is C30H36ClN5O2. The minimum Gasteiger partial charge on any atom is -0.489 e. The summed E-state index contributed by atoms with van der Waals surface area (Å²) in [5, 5.41) is 0.729. The van der Waals surface area contributed by atoms with Crippen molar-refractivity contribution in [1.29, 1.82) is 0 Å². The van der Waals surface area contributed by atoms with E-state index in [9.17, 15) is 0 Å². The standard InChI is InChI=1S/C30H36ClN5O2/c31-23-8-5-21(6-9-23)20-38-25-10-12-26-22(19-25)7-11-27-28(26)33-30(32)34-29(27)36-15-13-35(14-16-36)17-18-37-24-3-1-2-4-24/h5-6,8-10,12,19,24H,1-4,7,11,13-18,20H2,(H2,32,33,34). The minimum absolute atomic E-state index is 0.335. The quantitative estimate of drug-likeness (QED) is 0.429. The van der Waals surface area contributed by atoms with Crippen LogP contribution in [0, 0.1) is 0 Å². The molecule has 3 aliphatic rings. The van der Waals surface area contributed by atoms with Crippen LogP contribution < -0.4 is 15.4 Å². The summed E-state index contributed by atoms with van der Waals surface area (Å²) in [5.74, 6) is 2.20. The molecule has 0 spiro atoms. The fourth-order valence-electron chi connectivity index (χ4n) is 5.89. The SMILES string of the molecule is Nc1nc2c(c(N3CCN(CCOC4CCCC4)CC3)n1)CCc1cc(OCc3ccc(Cl)cc3)ccc1-2. The summed E-state index contributed by atoms with van der Waals surface area (Å²) in [7, 11) is 0. The average molecular weight is 534 g/mol. The number of nitrogens with zero attached hydrogens (tertiary/aromatic N) is 4. The van der Waals surface area contributed by atoms with E-state index in [1.54, 1.807) is 0 Å². The van der Waals surface area contributed by atoms with Crippen molar-refractivity contribution in [3.05, 3.63) is 64.2 Å². The summed E-state index contributed by atoms with van der Waals surface area (Å²) in [6, 6.07) is 14.0. The molecule has 2 heterocycles. The fraction of sp³-hybridized carbons (Fsp3) is 0.467. The highest BCUT2D eigenvalue weighted by atomic mass is 35.5. The molecule has 0 atom stereocenters. The molecule has 2 N–H and O–H groups in total. The van der Waals surface area contributed by atoms with Gasteiger partial charge >= 0.3 is 0 Å². The maximum atomic E-state index is 6.24. The molecular weight excluding hydrogens is 498 g/mol. The zero-order valence-corrected chi connectivity index (χ0v) is 22.6. The van der Waals surface area contributed by atoms with Gasteiger partial charge in [0, 0.05) is 48.9 Å². The molecule has 3 aromatic rings. The van der Waals surface area contributed by atoms with Crippen LogP contribution in [0.5, 0.6) is 5.75 Å². The van der Waals surface area contributed by atoms with Gasteiger partial charge in [-0.25, -0.2) is 4.98 Å². The van der Waals surface area contributed by atoms with Crippen LogP contribution >= 0.6 is 11.6 Å². The van der Waals surface area contributed by atoms with Crippen molar-refractivity contribution >= 4 is 23.4 Å². The molecule has 38 heavy (non-hydrogen) atoms. The molecule has 0 radical (unpaired) electrons. The average Bonchev–Trinajstić information content (AvgIpc) is 3.46. The van der Waals surface area contributed by atoms with Crippen LogP contribution in [0.25, 0.3) is 11.3 Å². The van der Waals surface area contributed by atoms with E-state index in [4.69, 9.17) is 36.8 Å².